The summed E-state index contributed by atoms with van der Waals surface area (Å²) in [5, 5.41) is 9.32. The lowest BCUT2D eigenvalue weighted by Crippen LogP contribution is -1.96. The second-order valence-corrected chi connectivity index (χ2v) is 4.31. The zero-order valence-corrected chi connectivity index (χ0v) is 12.1. The molecule has 1 aromatic carbocycles. The topological polar surface area (TPSA) is 55.1 Å². The highest BCUT2D eigenvalue weighted by atomic mass is 16.5. The molecule has 108 valence electrons. The van der Waals surface area contributed by atoms with Crippen molar-refractivity contribution in [1.82, 2.24) is 4.98 Å². The van der Waals surface area contributed by atoms with Crippen LogP contribution in [-0.2, 0) is 0 Å². The van der Waals surface area contributed by atoms with E-state index in [4.69, 9.17) is 15.9 Å². The molecule has 2 aromatic rings. The quantitative estimate of drug-likeness (QED) is 0.627. The zero-order chi connectivity index (χ0) is 15.8. The van der Waals surface area contributed by atoms with Gasteiger partial charge >= 0.3 is 0 Å². The Morgan fingerprint density at radius 3 is 2.68 bits per heavy atom. The highest BCUT2D eigenvalue weighted by Crippen LogP contribution is 2.29. The van der Waals surface area contributed by atoms with Gasteiger partial charge in [-0.05, 0) is 41.5 Å². The summed E-state index contributed by atoms with van der Waals surface area (Å²) in [6.07, 6.45) is 10.3. The highest BCUT2D eigenvalue weighted by Gasteiger charge is 2.06. The number of terminal acetylenes is 1. The number of rotatable bonds is 5. The van der Waals surface area contributed by atoms with Crippen molar-refractivity contribution in [3.8, 4) is 29.9 Å². The van der Waals surface area contributed by atoms with Crippen molar-refractivity contribution in [1.29, 1.82) is 5.26 Å². The normalized spacial score (nSPS) is 10.4. The molecular weight excluding hydrogens is 276 g/mol. The van der Waals surface area contributed by atoms with E-state index < -0.39 is 0 Å². The van der Waals surface area contributed by atoms with Gasteiger partial charge in [-0.1, -0.05) is 12.0 Å². The van der Waals surface area contributed by atoms with Crippen LogP contribution in [0.4, 0.5) is 0 Å². The van der Waals surface area contributed by atoms with Crippen LogP contribution in [0.3, 0.4) is 0 Å². The minimum absolute atomic E-state index is 0.173. The van der Waals surface area contributed by atoms with Crippen molar-refractivity contribution in [3.05, 3.63) is 53.9 Å². The van der Waals surface area contributed by atoms with Gasteiger partial charge in [0.2, 0.25) is 0 Å². The summed E-state index contributed by atoms with van der Waals surface area (Å²) in [7, 11) is 1.56. The summed E-state index contributed by atoms with van der Waals surface area (Å²) in [6.45, 7) is 0.173. The molecule has 0 radical (unpaired) electrons. The lowest BCUT2D eigenvalue weighted by molar-refractivity contribution is 0.331. The molecule has 4 heteroatoms. The van der Waals surface area contributed by atoms with Crippen molar-refractivity contribution in [3.63, 3.8) is 0 Å². The van der Waals surface area contributed by atoms with Crippen molar-refractivity contribution in [2.24, 2.45) is 0 Å². The number of nitriles is 1. The van der Waals surface area contributed by atoms with Gasteiger partial charge in [0.05, 0.1) is 18.8 Å². The fourth-order valence-corrected chi connectivity index (χ4v) is 1.89. The number of benzene rings is 1. The Bertz CT molecular complexity index is 753. The first kappa shape index (κ1) is 15.2. The standard InChI is InChI=1S/C18H14N2O2/c1-3-10-22-17-5-4-14(12-18(17)21-2)11-16(13-19)15-6-8-20-9-7-15/h1,4-9,11-12H,10H2,2H3/b16-11-. The maximum atomic E-state index is 9.32. The number of hydrogen-bond acceptors (Lipinski definition) is 4. The molecule has 0 fully saturated rings. The number of methoxy groups -OCH3 is 1. The largest absolute Gasteiger partial charge is 0.493 e. The van der Waals surface area contributed by atoms with Crippen molar-refractivity contribution >= 4 is 11.6 Å². The second kappa shape index (κ2) is 7.52. The van der Waals surface area contributed by atoms with Crippen LogP contribution in [0.25, 0.3) is 11.6 Å². The van der Waals surface area contributed by atoms with Crippen LogP contribution in [0.5, 0.6) is 11.5 Å². The maximum absolute atomic E-state index is 9.32. The lowest BCUT2D eigenvalue weighted by atomic mass is 10.0. The molecule has 0 atom stereocenters. The zero-order valence-electron chi connectivity index (χ0n) is 12.1. The molecule has 0 N–H and O–H groups in total. The van der Waals surface area contributed by atoms with Gasteiger partial charge in [-0.2, -0.15) is 5.26 Å². The molecule has 0 spiro atoms. The molecule has 0 bridgehead atoms. The van der Waals surface area contributed by atoms with Crippen LogP contribution in [0.15, 0.2) is 42.7 Å². The van der Waals surface area contributed by atoms with Gasteiger partial charge in [-0.3, -0.25) is 4.98 Å². The van der Waals surface area contributed by atoms with E-state index in [0.717, 1.165) is 11.1 Å². The minimum Gasteiger partial charge on any atom is -0.493 e. The molecule has 0 saturated heterocycles. The van der Waals surface area contributed by atoms with Gasteiger partial charge in [-0.25, -0.2) is 0 Å². The maximum Gasteiger partial charge on any atom is 0.162 e. The molecule has 1 aromatic heterocycles. The summed E-state index contributed by atoms with van der Waals surface area (Å²) in [5.41, 5.74) is 2.18. The first-order valence-corrected chi connectivity index (χ1v) is 6.55. The fraction of sp³-hybridized carbons (Fsp3) is 0.111. The molecule has 0 saturated carbocycles. The molecule has 4 nitrogen and oxygen atoms in total. The average molecular weight is 290 g/mol. The molecule has 0 amide bonds. The number of aromatic nitrogens is 1. The van der Waals surface area contributed by atoms with Crippen LogP contribution in [-0.4, -0.2) is 18.7 Å². The van der Waals surface area contributed by atoms with E-state index in [0.29, 0.717) is 17.1 Å². The Morgan fingerprint density at radius 1 is 1.27 bits per heavy atom. The third kappa shape index (κ3) is 3.65. The number of ether oxygens (including phenoxy) is 2. The van der Waals surface area contributed by atoms with Gasteiger partial charge < -0.3 is 9.47 Å². The first-order chi connectivity index (χ1) is 10.8. The summed E-state index contributed by atoms with van der Waals surface area (Å²) in [4.78, 5) is 3.95. The fourth-order valence-electron chi connectivity index (χ4n) is 1.89. The van der Waals surface area contributed by atoms with Crippen LogP contribution in [0, 0.1) is 23.7 Å². The summed E-state index contributed by atoms with van der Waals surface area (Å²) in [5.74, 6) is 3.54. The van der Waals surface area contributed by atoms with Gasteiger partial charge in [-0.15, -0.1) is 6.42 Å². The third-order valence-electron chi connectivity index (χ3n) is 2.92. The van der Waals surface area contributed by atoms with Crippen LogP contribution in [0.2, 0.25) is 0 Å². The Morgan fingerprint density at radius 2 is 2.05 bits per heavy atom. The van der Waals surface area contributed by atoms with E-state index in [2.05, 4.69) is 17.0 Å². The SMILES string of the molecule is C#CCOc1ccc(/C=C(/C#N)c2ccncc2)cc1OC. The molecule has 2 rings (SSSR count). The average Bonchev–Trinajstić information content (AvgIpc) is 2.59. The van der Waals surface area contributed by atoms with Crippen molar-refractivity contribution in [2.45, 2.75) is 0 Å². The Hall–Kier alpha value is -3.24. The number of nitrogens with zero attached hydrogens (tertiary/aromatic N) is 2. The Balaban J connectivity index is 2.35. The number of pyridine rings is 1. The highest BCUT2D eigenvalue weighted by molar-refractivity contribution is 5.89. The minimum atomic E-state index is 0.173. The smallest absolute Gasteiger partial charge is 0.162 e. The van der Waals surface area contributed by atoms with E-state index in [1.165, 1.54) is 0 Å². The van der Waals surface area contributed by atoms with Gasteiger partial charge in [0.25, 0.3) is 0 Å². The molecule has 22 heavy (non-hydrogen) atoms. The molecule has 0 aliphatic rings. The predicted molar refractivity (Wildman–Crippen MR) is 85.0 cm³/mol. The Kier molecular flexibility index (Phi) is 5.18. The monoisotopic (exact) mass is 290 g/mol. The second-order valence-electron chi connectivity index (χ2n) is 4.31. The summed E-state index contributed by atoms with van der Waals surface area (Å²) >= 11 is 0. The van der Waals surface area contributed by atoms with Gasteiger partial charge in [0, 0.05) is 12.4 Å². The van der Waals surface area contributed by atoms with Crippen LogP contribution >= 0.6 is 0 Å². The Labute approximate surface area is 129 Å². The van der Waals surface area contributed by atoms with E-state index in [-0.39, 0.29) is 6.61 Å². The molecular formula is C18H14N2O2. The number of allylic oxidation sites excluding steroid dienone is 1. The van der Waals surface area contributed by atoms with E-state index in [1.54, 1.807) is 49.8 Å². The summed E-state index contributed by atoms with van der Waals surface area (Å²) in [6, 6.07) is 11.2. The van der Waals surface area contributed by atoms with Crippen LogP contribution in [0.1, 0.15) is 11.1 Å². The molecule has 1 heterocycles. The predicted octanol–water partition coefficient (Wildman–Crippen LogP) is 3.17. The van der Waals surface area contributed by atoms with Crippen molar-refractivity contribution in [2.75, 3.05) is 13.7 Å². The lowest BCUT2D eigenvalue weighted by Gasteiger charge is -2.09. The van der Waals surface area contributed by atoms with Crippen molar-refractivity contribution < 1.29 is 9.47 Å². The first-order valence-electron chi connectivity index (χ1n) is 6.55. The molecule has 0 aliphatic carbocycles. The van der Waals surface area contributed by atoms with E-state index in [1.807, 2.05) is 6.07 Å². The van der Waals surface area contributed by atoms with Gasteiger partial charge in [0.1, 0.15) is 6.61 Å². The molecule has 0 unspecified atom stereocenters. The number of hydrogen-bond donors (Lipinski definition) is 0. The van der Waals surface area contributed by atoms with E-state index >= 15 is 0 Å². The third-order valence-corrected chi connectivity index (χ3v) is 2.92. The molecule has 0 aliphatic heterocycles. The summed E-state index contributed by atoms with van der Waals surface area (Å²) < 4.78 is 10.7. The van der Waals surface area contributed by atoms with Gasteiger partial charge in [0.15, 0.2) is 11.5 Å². The van der Waals surface area contributed by atoms with E-state index in [9.17, 15) is 5.26 Å². The van der Waals surface area contributed by atoms with Crippen LogP contribution < -0.4 is 9.47 Å².